The van der Waals surface area contributed by atoms with Crippen LogP contribution in [0.1, 0.15) is 37.7 Å². The van der Waals surface area contributed by atoms with Crippen molar-refractivity contribution in [3.63, 3.8) is 0 Å². The van der Waals surface area contributed by atoms with Crippen molar-refractivity contribution in [3.05, 3.63) is 63.2 Å². The summed E-state index contributed by atoms with van der Waals surface area (Å²) in [5.41, 5.74) is -3.62. The third kappa shape index (κ3) is 2.12. The molecule has 4 aliphatic rings. The zero-order valence-corrected chi connectivity index (χ0v) is 18.1. The van der Waals surface area contributed by atoms with E-state index in [-0.39, 0.29) is 34.5 Å². The minimum absolute atomic E-state index is 0.00683. The van der Waals surface area contributed by atoms with Crippen molar-refractivity contribution in [2.45, 2.75) is 44.0 Å². The van der Waals surface area contributed by atoms with Crippen LogP contribution in [-0.2, 0) is 26.3 Å². The van der Waals surface area contributed by atoms with E-state index < -0.39 is 45.5 Å². The number of hydrogen-bond acceptors (Lipinski definition) is 8. The van der Waals surface area contributed by atoms with Gasteiger partial charge < -0.3 is 24.1 Å². The van der Waals surface area contributed by atoms with Gasteiger partial charge in [-0.3, -0.25) is 14.4 Å². The van der Waals surface area contributed by atoms with Gasteiger partial charge in [-0.25, -0.2) is 0 Å². The monoisotopic (exact) mass is 448 g/mol. The van der Waals surface area contributed by atoms with Crippen molar-refractivity contribution in [1.82, 2.24) is 0 Å². The summed E-state index contributed by atoms with van der Waals surface area (Å²) in [4.78, 5) is 39.9. The van der Waals surface area contributed by atoms with Gasteiger partial charge in [-0.2, -0.15) is 0 Å². The number of ether oxygens (including phenoxy) is 2. The molecule has 1 fully saturated rings. The number of phenolic OH excluding ortho intramolecular Hbond substituents is 1. The van der Waals surface area contributed by atoms with Crippen LogP contribution < -0.4 is 10.2 Å². The van der Waals surface area contributed by atoms with Crippen LogP contribution in [0.3, 0.4) is 0 Å². The van der Waals surface area contributed by atoms with Gasteiger partial charge in [0.25, 0.3) is 0 Å². The summed E-state index contributed by atoms with van der Waals surface area (Å²) in [6, 6.07) is 1.37. The van der Waals surface area contributed by atoms with Crippen LogP contribution in [-0.4, -0.2) is 33.0 Å². The number of benzene rings is 1. The lowest BCUT2D eigenvalue weighted by Gasteiger charge is -2.33. The second kappa shape index (κ2) is 5.63. The number of phenols is 1. The van der Waals surface area contributed by atoms with Crippen molar-refractivity contribution < 1.29 is 33.7 Å². The van der Waals surface area contributed by atoms with Gasteiger partial charge >= 0.3 is 0 Å². The van der Waals surface area contributed by atoms with Crippen LogP contribution in [0.5, 0.6) is 11.5 Å². The minimum atomic E-state index is -1.86. The molecule has 0 spiro atoms. The van der Waals surface area contributed by atoms with Gasteiger partial charge in [0.05, 0.1) is 5.56 Å². The first-order valence-electron chi connectivity index (χ1n) is 10.5. The second-order valence-electron chi connectivity index (χ2n) is 9.63. The first kappa shape index (κ1) is 20.0. The topological polar surface area (TPSA) is 127 Å². The standard InChI is InChI=1S/C25H20O8/c1-10(2)13-7-12-19(29)18-14(26)8-16-11(5-6-23(3,4)32-16)20(18)31-22(12)25-17(28)9-15(27)21(30)24(13,25)33-25/h5-6,8-9,13,26-27H,1,7H2,2-4H3/t13-,24+,25+/m1/s1. The predicted octanol–water partition coefficient (Wildman–Crippen LogP) is 2.99. The molecule has 8 nitrogen and oxygen atoms in total. The SMILES string of the molecule is C=C(C)[C@H]1Cc2c(oc3c4c(cc(O)c3c2=O)OC(C)(C)C=C4)[C@]23O[C@]12C(=O)C(O)=CC3=O. The van der Waals surface area contributed by atoms with Crippen LogP contribution in [0.15, 0.2) is 45.3 Å². The highest BCUT2D eigenvalue weighted by Crippen LogP contribution is 2.68. The van der Waals surface area contributed by atoms with Gasteiger partial charge in [0, 0.05) is 23.6 Å². The largest absolute Gasteiger partial charge is 0.507 e. The third-order valence-corrected chi connectivity index (χ3v) is 7.06. The molecule has 3 heterocycles. The molecule has 1 aromatic heterocycles. The number of hydrogen-bond donors (Lipinski definition) is 2. The zero-order valence-electron chi connectivity index (χ0n) is 18.1. The highest BCUT2D eigenvalue weighted by atomic mass is 16.7. The van der Waals surface area contributed by atoms with Crippen LogP contribution in [0.25, 0.3) is 17.0 Å². The smallest absolute Gasteiger partial charge is 0.233 e. The van der Waals surface area contributed by atoms with E-state index in [0.29, 0.717) is 16.9 Å². The molecule has 1 aromatic carbocycles. The Kier molecular flexibility index (Phi) is 3.41. The van der Waals surface area contributed by atoms with E-state index >= 15 is 0 Å². The van der Waals surface area contributed by atoms with Crippen molar-refractivity contribution in [2.24, 2.45) is 5.92 Å². The molecule has 0 bridgehead atoms. The van der Waals surface area contributed by atoms with Crippen LogP contribution in [0, 0.1) is 5.92 Å². The van der Waals surface area contributed by atoms with Gasteiger partial charge in [0.15, 0.2) is 28.1 Å². The zero-order chi connectivity index (χ0) is 23.7. The maximum atomic E-state index is 13.6. The van der Waals surface area contributed by atoms with E-state index in [1.807, 2.05) is 13.8 Å². The molecule has 0 unspecified atom stereocenters. The van der Waals surface area contributed by atoms with Gasteiger partial charge in [0.2, 0.25) is 17.2 Å². The number of ketones is 2. The first-order valence-corrected chi connectivity index (χ1v) is 10.5. The molecular formula is C25H20O8. The Morgan fingerprint density at radius 2 is 1.94 bits per heavy atom. The van der Waals surface area contributed by atoms with Crippen LogP contribution in [0.2, 0.25) is 0 Å². The van der Waals surface area contributed by atoms with Crippen molar-refractivity contribution in [1.29, 1.82) is 0 Å². The normalized spacial score (nSPS) is 30.5. The number of aliphatic hydroxyl groups is 1. The minimum Gasteiger partial charge on any atom is -0.507 e. The Hall–Kier alpha value is -3.65. The predicted molar refractivity (Wildman–Crippen MR) is 116 cm³/mol. The molecule has 1 saturated heterocycles. The van der Waals surface area contributed by atoms with Gasteiger partial charge in [0.1, 0.15) is 22.5 Å². The van der Waals surface area contributed by atoms with E-state index in [0.717, 1.165) is 6.08 Å². The lowest BCUT2D eigenvalue weighted by Crippen LogP contribution is -2.51. The molecule has 168 valence electrons. The number of carbonyl (C=O) groups excluding carboxylic acids is 2. The highest BCUT2D eigenvalue weighted by molar-refractivity contribution is 6.20. The number of epoxide rings is 1. The maximum Gasteiger partial charge on any atom is 0.233 e. The Morgan fingerprint density at radius 1 is 1.21 bits per heavy atom. The first-order chi connectivity index (χ1) is 15.4. The molecule has 0 radical (unpaired) electrons. The molecule has 2 aliphatic carbocycles. The number of Topliss-reactive ketones (excluding diaryl/α,β-unsaturated/α-hetero) is 1. The summed E-state index contributed by atoms with van der Waals surface area (Å²) in [5.74, 6) is -2.93. The molecular weight excluding hydrogens is 428 g/mol. The molecule has 6 rings (SSSR count). The van der Waals surface area contributed by atoms with E-state index in [1.165, 1.54) is 6.07 Å². The second-order valence-corrected chi connectivity index (χ2v) is 9.63. The average Bonchev–Trinajstić information content (AvgIpc) is 3.44. The summed E-state index contributed by atoms with van der Waals surface area (Å²) in [7, 11) is 0. The summed E-state index contributed by atoms with van der Waals surface area (Å²) < 4.78 is 18.0. The molecule has 0 amide bonds. The van der Waals surface area contributed by atoms with Gasteiger partial charge in [-0.15, -0.1) is 0 Å². The van der Waals surface area contributed by atoms with E-state index in [4.69, 9.17) is 13.9 Å². The molecule has 2 aliphatic heterocycles. The summed E-state index contributed by atoms with van der Waals surface area (Å²) >= 11 is 0. The average molecular weight is 448 g/mol. The fraction of sp³-hybridized carbons (Fsp3) is 0.320. The molecule has 0 saturated carbocycles. The molecule has 3 atom stereocenters. The lowest BCUT2D eigenvalue weighted by atomic mass is 9.63. The Labute approximate surface area is 187 Å². The van der Waals surface area contributed by atoms with Crippen LogP contribution in [0.4, 0.5) is 0 Å². The van der Waals surface area contributed by atoms with E-state index in [1.54, 1.807) is 19.1 Å². The van der Waals surface area contributed by atoms with Crippen molar-refractivity contribution >= 4 is 28.6 Å². The Bertz CT molecular complexity index is 1490. The Morgan fingerprint density at radius 3 is 2.64 bits per heavy atom. The van der Waals surface area contributed by atoms with E-state index in [9.17, 15) is 24.6 Å². The molecule has 2 aromatic rings. The van der Waals surface area contributed by atoms with Gasteiger partial charge in [-0.1, -0.05) is 12.2 Å². The van der Waals surface area contributed by atoms with Crippen LogP contribution >= 0.6 is 0 Å². The number of carbonyl (C=O) groups is 2. The Balaban J connectivity index is 1.72. The number of aromatic hydroxyl groups is 1. The summed E-state index contributed by atoms with van der Waals surface area (Å²) in [5, 5.41) is 20.8. The quantitative estimate of drug-likeness (QED) is 0.504. The molecule has 2 N–H and O–H groups in total. The number of fused-ring (bicyclic) bond motifs is 4. The van der Waals surface area contributed by atoms with Crippen molar-refractivity contribution in [2.75, 3.05) is 0 Å². The summed E-state index contributed by atoms with van der Waals surface area (Å²) in [6.07, 6.45) is 4.33. The third-order valence-electron chi connectivity index (χ3n) is 7.06. The fourth-order valence-corrected chi connectivity index (χ4v) is 5.50. The molecule has 8 heteroatoms. The van der Waals surface area contributed by atoms with E-state index in [2.05, 4.69) is 6.58 Å². The van der Waals surface area contributed by atoms with Gasteiger partial charge in [-0.05, 0) is 39.3 Å². The fourth-order valence-electron chi connectivity index (χ4n) is 5.50. The maximum absolute atomic E-state index is 13.6. The van der Waals surface area contributed by atoms with Crippen molar-refractivity contribution in [3.8, 4) is 11.5 Å². The lowest BCUT2D eigenvalue weighted by molar-refractivity contribution is -0.128. The highest BCUT2D eigenvalue weighted by Gasteiger charge is 2.87. The molecule has 33 heavy (non-hydrogen) atoms. The summed E-state index contributed by atoms with van der Waals surface area (Å²) in [6.45, 7) is 9.27. The number of aliphatic hydroxyl groups excluding tert-OH is 1. The number of rotatable bonds is 1.